The van der Waals surface area contributed by atoms with Crippen LogP contribution in [-0.4, -0.2) is 68.6 Å². The molecule has 0 saturated carbocycles. The van der Waals surface area contributed by atoms with Gasteiger partial charge in [-0.25, -0.2) is 5.01 Å². The van der Waals surface area contributed by atoms with Gasteiger partial charge in [-0.3, -0.25) is 28.9 Å². The van der Waals surface area contributed by atoms with Gasteiger partial charge < -0.3 is 16.0 Å². The molecule has 0 spiro atoms. The standard InChI is InChI=1S/C24H26F5N7O4/c1-13(10-18(37)31-17-11-16(33-34(17)2)30-22(40)23(25,26)24(27,28)29)20(38)32-19-15-7-4-3-6-14(15)12-35-8-5-9-36(35)21(19)39/h3-4,6-7,11,13,19H,5,8-10,12H2,1-2H3,(H,31,37)(H,32,38)(H,30,33,40)/t13-,19+/m1/s1. The highest BCUT2D eigenvalue weighted by molar-refractivity contribution is 5.98. The van der Waals surface area contributed by atoms with E-state index in [-0.39, 0.29) is 18.1 Å². The molecule has 1 saturated heterocycles. The lowest BCUT2D eigenvalue weighted by Crippen LogP contribution is -2.47. The van der Waals surface area contributed by atoms with Crippen LogP contribution in [0, 0.1) is 5.92 Å². The number of hydrogen-bond acceptors (Lipinski definition) is 6. The summed E-state index contributed by atoms with van der Waals surface area (Å²) in [6, 6.07) is 7.20. The predicted molar refractivity (Wildman–Crippen MR) is 129 cm³/mol. The van der Waals surface area contributed by atoms with Gasteiger partial charge in [0.1, 0.15) is 11.9 Å². The van der Waals surface area contributed by atoms with E-state index in [1.165, 1.54) is 19.3 Å². The number of halogens is 5. The Morgan fingerprint density at radius 3 is 2.50 bits per heavy atom. The number of hydrogen-bond donors (Lipinski definition) is 3. The van der Waals surface area contributed by atoms with Crippen LogP contribution in [0.2, 0.25) is 0 Å². The molecule has 1 aromatic heterocycles. The van der Waals surface area contributed by atoms with E-state index in [1.807, 2.05) is 17.1 Å². The van der Waals surface area contributed by atoms with Crippen molar-refractivity contribution in [2.45, 2.75) is 44.5 Å². The third-order valence-corrected chi connectivity index (χ3v) is 6.60. The number of hydrazine groups is 1. The second kappa shape index (κ2) is 10.8. The van der Waals surface area contributed by atoms with Crippen LogP contribution in [0.3, 0.4) is 0 Å². The molecule has 3 N–H and O–H groups in total. The normalized spacial score (nSPS) is 18.4. The molecule has 0 radical (unpaired) electrons. The number of nitrogens with one attached hydrogen (secondary N) is 3. The number of aryl methyl sites for hydroxylation is 1. The first-order chi connectivity index (χ1) is 18.7. The number of carbonyl (C=O) groups is 4. The fourth-order valence-corrected chi connectivity index (χ4v) is 4.48. The summed E-state index contributed by atoms with van der Waals surface area (Å²) in [5.41, 5.74) is 1.55. The van der Waals surface area contributed by atoms with E-state index in [4.69, 9.17) is 0 Å². The quantitative estimate of drug-likeness (QED) is 0.438. The third kappa shape index (κ3) is 5.76. The number of rotatable bonds is 7. The van der Waals surface area contributed by atoms with Gasteiger partial charge in [-0.1, -0.05) is 31.2 Å². The van der Waals surface area contributed by atoms with Crippen LogP contribution >= 0.6 is 0 Å². The van der Waals surface area contributed by atoms with Crippen molar-refractivity contribution in [2.75, 3.05) is 23.7 Å². The van der Waals surface area contributed by atoms with Crippen molar-refractivity contribution >= 4 is 35.3 Å². The highest BCUT2D eigenvalue weighted by atomic mass is 19.4. The van der Waals surface area contributed by atoms with Crippen LogP contribution in [-0.2, 0) is 32.8 Å². The van der Waals surface area contributed by atoms with E-state index in [2.05, 4.69) is 15.7 Å². The Balaban J connectivity index is 1.38. The molecule has 40 heavy (non-hydrogen) atoms. The van der Waals surface area contributed by atoms with E-state index >= 15 is 0 Å². The Labute approximate surface area is 224 Å². The fourth-order valence-electron chi connectivity index (χ4n) is 4.48. The molecule has 2 aliphatic rings. The molecule has 16 heteroatoms. The number of anilines is 2. The van der Waals surface area contributed by atoms with Gasteiger partial charge in [0.15, 0.2) is 5.82 Å². The maximum Gasteiger partial charge on any atom is 0.463 e. The lowest BCUT2D eigenvalue weighted by atomic mass is 9.98. The molecule has 0 aliphatic carbocycles. The largest absolute Gasteiger partial charge is 0.463 e. The SMILES string of the molecule is C[C@H](CC(=O)Nc1cc(NC(=O)C(F)(F)C(F)(F)F)nn1C)C(=O)N[C@@H]1C(=O)N2CCCN2Cc2ccccc21. The first kappa shape index (κ1) is 28.9. The first-order valence-corrected chi connectivity index (χ1v) is 12.2. The fraction of sp³-hybridized carbons (Fsp3) is 0.458. The van der Waals surface area contributed by atoms with Gasteiger partial charge in [0, 0.05) is 45.1 Å². The average Bonchev–Trinajstić information content (AvgIpc) is 3.44. The Morgan fingerprint density at radius 1 is 1.10 bits per heavy atom. The smallest absolute Gasteiger partial charge is 0.340 e. The maximum atomic E-state index is 13.3. The summed E-state index contributed by atoms with van der Waals surface area (Å²) < 4.78 is 64.5. The lowest BCUT2D eigenvalue weighted by molar-refractivity contribution is -0.267. The van der Waals surface area contributed by atoms with Crippen LogP contribution in [0.4, 0.5) is 33.6 Å². The van der Waals surface area contributed by atoms with Gasteiger partial charge in [0.25, 0.3) is 5.91 Å². The zero-order chi connectivity index (χ0) is 29.4. The molecule has 4 amide bonds. The Bertz CT molecular complexity index is 1330. The van der Waals surface area contributed by atoms with Gasteiger partial charge in [0.2, 0.25) is 11.8 Å². The summed E-state index contributed by atoms with van der Waals surface area (Å²) in [5, 5.41) is 13.6. The molecule has 0 unspecified atom stereocenters. The minimum absolute atomic E-state index is 0.134. The molecule has 0 bridgehead atoms. The van der Waals surface area contributed by atoms with E-state index in [0.29, 0.717) is 25.2 Å². The van der Waals surface area contributed by atoms with Crippen molar-refractivity contribution in [3.8, 4) is 0 Å². The van der Waals surface area contributed by atoms with Gasteiger partial charge >= 0.3 is 18.0 Å². The molecule has 1 aromatic carbocycles. The van der Waals surface area contributed by atoms with Crippen LogP contribution in [0.1, 0.15) is 36.9 Å². The molecular weight excluding hydrogens is 545 g/mol. The van der Waals surface area contributed by atoms with Gasteiger partial charge in [-0.05, 0) is 17.5 Å². The third-order valence-electron chi connectivity index (χ3n) is 6.60. The van der Waals surface area contributed by atoms with Gasteiger partial charge in [-0.15, -0.1) is 0 Å². The second-order valence-electron chi connectivity index (χ2n) is 9.56. The summed E-state index contributed by atoms with van der Waals surface area (Å²) in [6.07, 6.45) is -5.66. The van der Waals surface area contributed by atoms with Gasteiger partial charge in [-0.2, -0.15) is 27.1 Å². The molecule has 2 aromatic rings. The molecular formula is C24H26F5N7O4. The molecule has 2 atom stereocenters. The molecule has 4 rings (SSSR count). The second-order valence-corrected chi connectivity index (χ2v) is 9.56. The molecule has 3 heterocycles. The lowest BCUT2D eigenvalue weighted by Gasteiger charge is -2.28. The van der Waals surface area contributed by atoms with Crippen molar-refractivity contribution in [3.63, 3.8) is 0 Å². The highest BCUT2D eigenvalue weighted by Gasteiger charge is 2.63. The summed E-state index contributed by atoms with van der Waals surface area (Å²) >= 11 is 0. The highest BCUT2D eigenvalue weighted by Crippen LogP contribution is 2.36. The monoisotopic (exact) mass is 571 g/mol. The van der Waals surface area contributed by atoms with Crippen molar-refractivity contribution in [2.24, 2.45) is 13.0 Å². The minimum atomic E-state index is -6.10. The number of carbonyl (C=O) groups excluding carboxylic acids is 4. The van der Waals surface area contributed by atoms with Crippen molar-refractivity contribution in [3.05, 3.63) is 41.5 Å². The van der Waals surface area contributed by atoms with Crippen molar-refractivity contribution in [1.29, 1.82) is 0 Å². The Morgan fingerprint density at radius 2 is 1.80 bits per heavy atom. The minimum Gasteiger partial charge on any atom is -0.340 e. The number of alkyl halides is 5. The van der Waals surface area contributed by atoms with E-state index in [1.54, 1.807) is 17.1 Å². The molecule has 216 valence electrons. The predicted octanol–water partition coefficient (Wildman–Crippen LogP) is 2.34. The van der Waals surface area contributed by atoms with Gasteiger partial charge in [0.05, 0.1) is 0 Å². The number of benzene rings is 1. The summed E-state index contributed by atoms with van der Waals surface area (Å²) in [7, 11) is 1.25. The Kier molecular flexibility index (Phi) is 7.83. The van der Waals surface area contributed by atoms with E-state index in [0.717, 1.165) is 22.7 Å². The van der Waals surface area contributed by atoms with E-state index < -0.39 is 47.6 Å². The van der Waals surface area contributed by atoms with Crippen LogP contribution in [0.25, 0.3) is 0 Å². The number of amides is 4. The summed E-state index contributed by atoms with van der Waals surface area (Å²) in [6.45, 7) is 3.23. The van der Waals surface area contributed by atoms with Crippen molar-refractivity contribution in [1.82, 2.24) is 25.1 Å². The zero-order valence-corrected chi connectivity index (χ0v) is 21.4. The number of nitrogens with zero attached hydrogens (tertiary/aromatic N) is 4. The maximum absolute atomic E-state index is 13.3. The number of fused-ring (bicyclic) bond motifs is 2. The van der Waals surface area contributed by atoms with Crippen LogP contribution in [0.15, 0.2) is 30.3 Å². The Hall–Kier alpha value is -4.08. The topological polar surface area (TPSA) is 129 Å². The molecule has 11 nitrogen and oxygen atoms in total. The molecule has 1 fully saturated rings. The van der Waals surface area contributed by atoms with Crippen LogP contribution < -0.4 is 16.0 Å². The molecule has 2 aliphatic heterocycles. The zero-order valence-electron chi connectivity index (χ0n) is 21.4. The first-order valence-electron chi connectivity index (χ1n) is 12.2. The summed E-state index contributed by atoms with van der Waals surface area (Å²) in [5.74, 6) is -11.5. The van der Waals surface area contributed by atoms with E-state index in [9.17, 15) is 41.1 Å². The average molecular weight is 572 g/mol. The van der Waals surface area contributed by atoms with Crippen LogP contribution in [0.5, 0.6) is 0 Å². The number of aromatic nitrogens is 2. The summed E-state index contributed by atoms with van der Waals surface area (Å²) in [4.78, 5) is 50.3. The van der Waals surface area contributed by atoms with Crippen molar-refractivity contribution < 1.29 is 41.1 Å².